The monoisotopic (exact) mass is 389 g/mol. The topological polar surface area (TPSA) is 51.5 Å². The fourth-order valence-corrected chi connectivity index (χ4v) is 3.13. The number of hydrogen-bond acceptors (Lipinski definition) is 4. The van der Waals surface area contributed by atoms with Crippen LogP contribution in [0.15, 0.2) is 66.7 Å². The van der Waals surface area contributed by atoms with Gasteiger partial charge in [0, 0.05) is 10.6 Å². The molecule has 1 heterocycles. The van der Waals surface area contributed by atoms with Gasteiger partial charge in [-0.3, -0.25) is 0 Å². The van der Waals surface area contributed by atoms with E-state index in [-0.39, 0.29) is 6.79 Å². The summed E-state index contributed by atoms with van der Waals surface area (Å²) in [6, 6.07) is 22.9. The van der Waals surface area contributed by atoms with Crippen LogP contribution in [0.1, 0.15) is 16.7 Å². The molecule has 3 aromatic rings. The Hall–Kier alpha value is -3.42. The van der Waals surface area contributed by atoms with Crippen LogP contribution in [0.4, 0.5) is 0 Å². The Morgan fingerprint density at radius 2 is 1.89 bits per heavy atom. The van der Waals surface area contributed by atoms with Crippen molar-refractivity contribution in [2.45, 2.75) is 6.61 Å². The van der Waals surface area contributed by atoms with Crippen LogP contribution in [-0.4, -0.2) is 6.79 Å². The first-order valence-electron chi connectivity index (χ1n) is 8.71. The molecule has 3 aromatic carbocycles. The second-order valence-corrected chi connectivity index (χ2v) is 6.63. The zero-order valence-electron chi connectivity index (χ0n) is 14.9. The van der Waals surface area contributed by atoms with Crippen molar-refractivity contribution in [3.63, 3.8) is 0 Å². The molecule has 0 radical (unpaired) electrons. The summed E-state index contributed by atoms with van der Waals surface area (Å²) in [7, 11) is 0. The van der Waals surface area contributed by atoms with Crippen LogP contribution in [0.3, 0.4) is 0 Å². The molecule has 0 bridgehead atoms. The quantitative estimate of drug-likeness (QED) is 0.414. The van der Waals surface area contributed by atoms with Crippen LogP contribution in [0.5, 0.6) is 17.2 Å². The average molecular weight is 390 g/mol. The molecule has 0 N–H and O–H groups in total. The van der Waals surface area contributed by atoms with Gasteiger partial charge in [-0.2, -0.15) is 5.26 Å². The number of para-hydroxylation sites is 1. The van der Waals surface area contributed by atoms with Crippen molar-refractivity contribution < 1.29 is 14.2 Å². The van der Waals surface area contributed by atoms with Gasteiger partial charge in [0.1, 0.15) is 12.4 Å². The first-order chi connectivity index (χ1) is 13.7. The number of hydrogen-bond donors (Lipinski definition) is 0. The predicted octanol–water partition coefficient (Wildman–Crippen LogP) is 5.71. The molecule has 1 aliphatic heterocycles. The standard InChI is InChI=1S/C23H16ClNO3/c24-20-6-3-4-16(10-20)14-26-21-7-2-1-5-18(21)11-19(13-25)17-8-9-22-23(12-17)28-15-27-22/h1-12H,14-15H2/b19-11-. The molecule has 0 aromatic heterocycles. The number of benzene rings is 3. The molecule has 1 aliphatic rings. The minimum Gasteiger partial charge on any atom is -0.488 e. The SMILES string of the molecule is N#C/C(=C/c1ccccc1OCc1cccc(Cl)c1)c1ccc2c(c1)OCO2. The summed E-state index contributed by atoms with van der Waals surface area (Å²) in [5, 5.41) is 10.3. The van der Waals surface area contributed by atoms with Crippen LogP contribution in [-0.2, 0) is 6.61 Å². The zero-order valence-corrected chi connectivity index (χ0v) is 15.6. The van der Waals surface area contributed by atoms with Gasteiger partial charge in [0.2, 0.25) is 6.79 Å². The summed E-state index contributed by atoms with van der Waals surface area (Å²) in [6.45, 7) is 0.585. The Morgan fingerprint density at radius 1 is 1.04 bits per heavy atom. The molecule has 0 unspecified atom stereocenters. The van der Waals surface area contributed by atoms with E-state index in [0.717, 1.165) is 16.7 Å². The summed E-state index contributed by atoms with van der Waals surface area (Å²) < 4.78 is 16.7. The van der Waals surface area contributed by atoms with Gasteiger partial charge in [-0.15, -0.1) is 0 Å². The zero-order chi connectivity index (χ0) is 19.3. The molecular weight excluding hydrogens is 374 g/mol. The molecule has 28 heavy (non-hydrogen) atoms. The smallest absolute Gasteiger partial charge is 0.231 e. The minimum absolute atomic E-state index is 0.199. The third-order valence-electron chi connectivity index (χ3n) is 4.31. The van der Waals surface area contributed by atoms with Crippen molar-refractivity contribution in [2.75, 3.05) is 6.79 Å². The first-order valence-corrected chi connectivity index (χ1v) is 9.09. The summed E-state index contributed by atoms with van der Waals surface area (Å²) in [6.07, 6.45) is 1.81. The number of rotatable bonds is 5. The number of nitrogens with zero attached hydrogens (tertiary/aromatic N) is 1. The molecule has 5 heteroatoms. The predicted molar refractivity (Wildman–Crippen MR) is 108 cm³/mol. The third kappa shape index (κ3) is 3.95. The normalized spacial score (nSPS) is 12.5. The molecule has 0 atom stereocenters. The van der Waals surface area contributed by atoms with E-state index in [2.05, 4.69) is 6.07 Å². The van der Waals surface area contributed by atoms with Crippen molar-refractivity contribution in [2.24, 2.45) is 0 Å². The van der Waals surface area contributed by atoms with Crippen LogP contribution in [0.2, 0.25) is 5.02 Å². The third-order valence-corrected chi connectivity index (χ3v) is 4.54. The molecule has 0 amide bonds. The highest BCUT2D eigenvalue weighted by molar-refractivity contribution is 6.30. The first kappa shape index (κ1) is 18.0. The van der Waals surface area contributed by atoms with E-state index in [0.29, 0.717) is 34.5 Å². The number of allylic oxidation sites excluding steroid dienone is 1. The minimum atomic E-state index is 0.199. The van der Waals surface area contributed by atoms with Gasteiger partial charge in [0.15, 0.2) is 11.5 Å². The number of nitriles is 1. The lowest BCUT2D eigenvalue weighted by atomic mass is 10.0. The molecule has 0 spiro atoms. The lowest BCUT2D eigenvalue weighted by Crippen LogP contribution is -1.97. The molecular formula is C23H16ClNO3. The van der Waals surface area contributed by atoms with Crippen molar-refractivity contribution in [1.29, 1.82) is 5.26 Å². The highest BCUT2D eigenvalue weighted by atomic mass is 35.5. The molecule has 4 nitrogen and oxygen atoms in total. The van der Waals surface area contributed by atoms with Gasteiger partial charge in [-0.25, -0.2) is 0 Å². The van der Waals surface area contributed by atoms with Crippen molar-refractivity contribution in [3.8, 4) is 23.3 Å². The van der Waals surface area contributed by atoms with Crippen LogP contribution >= 0.6 is 11.6 Å². The second kappa shape index (κ2) is 8.08. The summed E-state index contributed by atoms with van der Waals surface area (Å²) in [4.78, 5) is 0. The van der Waals surface area contributed by atoms with Crippen LogP contribution < -0.4 is 14.2 Å². The van der Waals surface area contributed by atoms with Crippen LogP contribution in [0.25, 0.3) is 11.6 Å². The van der Waals surface area contributed by atoms with E-state index >= 15 is 0 Å². The van der Waals surface area contributed by atoms with E-state index in [1.54, 1.807) is 0 Å². The van der Waals surface area contributed by atoms with Crippen molar-refractivity contribution in [3.05, 3.63) is 88.4 Å². The highest BCUT2D eigenvalue weighted by Gasteiger charge is 2.15. The molecule has 0 fully saturated rings. The van der Waals surface area contributed by atoms with Gasteiger partial charge in [0.25, 0.3) is 0 Å². The largest absolute Gasteiger partial charge is 0.488 e. The number of halogens is 1. The Labute approximate surface area is 168 Å². The van der Waals surface area contributed by atoms with E-state index in [1.165, 1.54) is 0 Å². The Kier molecular flexibility index (Phi) is 5.18. The van der Waals surface area contributed by atoms with E-state index in [1.807, 2.05) is 72.8 Å². The summed E-state index contributed by atoms with van der Waals surface area (Å²) >= 11 is 6.03. The van der Waals surface area contributed by atoms with Crippen molar-refractivity contribution in [1.82, 2.24) is 0 Å². The van der Waals surface area contributed by atoms with Gasteiger partial charge >= 0.3 is 0 Å². The maximum atomic E-state index is 9.67. The van der Waals surface area contributed by atoms with Gasteiger partial charge in [0.05, 0.1) is 11.6 Å². The summed E-state index contributed by atoms with van der Waals surface area (Å²) in [5.74, 6) is 2.02. The van der Waals surface area contributed by atoms with E-state index < -0.39 is 0 Å². The van der Waals surface area contributed by atoms with E-state index in [4.69, 9.17) is 25.8 Å². The van der Waals surface area contributed by atoms with Crippen LogP contribution in [0, 0.1) is 11.3 Å². The van der Waals surface area contributed by atoms with Crippen molar-refractivity contribution >= 4 is 23.3 Å². The maximum absolute atomic E-state index is 9.67. The maximum Gasteiger partial charge on any atom is 0.231 e. The molecule has 0 saturated carbocycles. The molecule has 0 saturated heterocycles. The van der Waals surface area contributed by atoms with Gasteiger partial charge in [-0.05, 0) is 53.6 Å². The molecule has 0 aliphatic carbocycles. The number of fused-ring (bicyclic) bond motifs is 1. The number of ether oxygens (including phenoxy) is 3. The van der Waals surface area contributed by atoms with E-state index in [9.17, 15) is 5.26 Å². The fraction of sp³-hybridized carbons (Fsp3) is 0.0870. The van der Waals surface area contributed by atoms with Gasteiger partial charge < -0.3 is 14.2 Å². The summed E-state index contributed by atoms with van der Waals surface area (Å²) in [5.41, 5.74) is 3.06. The fourth-order valence-electron chi connectivity index (χ4n) is 2.92. The average Bonchev–Trinajstić information content (AvgIpc) is 3.19. The Morgan fingerprint density at radius 3 is 2.75 bits per heavy atom. The lowest BCUT2D eigenvalue weighted by Gasteiger charge is -2.10. The van der Waals surface area contributed by atoms with Gasteiger partial charge in [-0.1, -0.05) is 41.9 Å². The Bertz CT molecular complexity index is 1090. The highest BCUT2D eigenvalue weighted by Crippen LogP contribution is 2.35. The second-order valence-electron chi connectivity index (χ2n) is 6.19. The molecule has 138 valence electrons. The Balaban J connectivity index is 1.60. The lowest BCUT2D eigenvalue weighted by molar-refractivity contribution is 0.174. The molecule has 4 rings (SSSR count).